The van der Waals surface area contributed by atoms with Gasteiger partial charge in [0.25, 0.3) is 0 Å². The zero-order valence-corrected chi connectivity index (χ0v) is 9.94. The van der Waals surface area contributed by atoms with Crippen LogP contribution in [0.1, 0.15) is 11.8 Å². The first-order valence-electron chi connectivity index (χ1n) is 5.03. The molecule has 5 heteroatoms. The van der Waals surface area contributed by atoms with Crippen molar-refractivity contribution in [1.82, 2.24) is 9.97 Å². The molecule has 0 radical (unpaired) electrons. The van der Waals surface area contributed by atoms with E-state index in [1.54, 1.807) is 11.3 Å². The van der Waals surface area contributed by atoms with E-state index >= 15 is 0 Å². The number of aryl methyl sites for hydroxylation is 1. The normalized spacial score (nSPS) is 10.4. The van der Waals surface area contributed by atoms with E-state index in [9.17, 15) is 4.39 Å². The summed E-state index contributed by atoms with van der Waals surface area (Å²) in [5.41, 5.74) is 1.20. The van der Waals surface area contributed by atoms with Crippen molar-refractivity contribution in [3.8, 4) is 11.3 Å². The van der Waals surface area contributed by atoms with E-state index in [1.165, 1.54) is 6.20 Å². The second kappa shape index (κ2) is 4.57. The quantitative estimate of drug-likeness (QED) is 0.891. The maximum absolute atomic E-state index is 13.6. The van der Waals surface area contributed by atoms with Gasteiger partial charge in [0.2, 0.25) is 5.95 Å². The van der Waals surface area contributed by atoms with Crippen molar-refractivity contribution >= 4 is 17.3 Å². The van der Waals surface area contributed by atoms with Crippen LogP contribution in [0.4, 0.5) is 10.3 Å². The van der Waals surface area contributed by atoms with E-state index in [0.717, 1.165) is 10.4 Å². The third-order valence-electron chi connectivity index (χ3n) is 2.19. The second-order valence-electron chi connectivity index (χ2n) is 3.31. The van der Waals surface area contributed by atoms with E-state index < -0.39 is 0 Å². The Morgan fingerprint density at radius 3 is 2.94 bits per heavy atom. The average molecular weight is 237 g/mol. The summed E-state index contributed by atoms with van der Waals surface area (Å²) in [4.78, 5) is 9.10. The first kappa shape index (κ1) is 11.0. The maximum Gasteiger partial charge on any atom is 0.223 e. The highest BCUT2D eigenvalue weighted by Gasteiger charge is 2.11. The molecule has 0 amide bonds. The molecule has 0 aromatic carbocycles. The highest BCUT2D eigenvalue weighted by atomic mass is 32.1. The molecule has 0 fully saturated rings. The molecule has 0 aliphatic rings. The Morgan fingerprint density at radius 2 is 2.31 bits per heavy atom. The summed E-state index contributed by atoms with van der Waals surface area (Å²) in [7, 11) is 0. The van der Waals surface area contributed by atoms with Crippen molar-refractivity contribution in [2.24, 2.45) is 0 Å². The molecule has 0 bridgehead atoms. The summed E-state index contributed by atoms with van der Waals surface area (Å²) in [5, 5.41) is 4.90. The van der Waals surface area contributed by atoms with Crippen molar-refractivity contribution in [1.29, 1.82) is 0 Å². The lowest BCUT2D eigenvalue weighted by molar-refractivity contribution is 0.618. The zero-order valence-electron chi connectivity index (χ0n) is 9.12. The summed E-state index contributed by atoms with van der Waals surface area (Å²) in [6.07, 6.45) is 1.21. The van der Waals surface area contributed by atoms with Gasteiger partial charge in [-0.1, -0.05) is 0 Å². The Hall–Kier alpha value is -1.49. The Morgan fingerprint density at radius 1 is 1.50 bits per heavy atom. The molecule has 0 atom stereocenters. The highest BCUT2D eigenvalue weighted by Crippen LogP contribution is 2.28. The van der Waals surface area contributed by atoms with Crippen LogP contribution in [-0.4, -0.2) is 16.5 Å². The number of thiophene rings is 1. The van der Waals surface area contributed by atoms with Gasteiger partial charge in [-0.2, -0.15) is 0 Å². The van der Waals surface area contributed by atoms with Crippen LogP contribution in [0.3, 0.4) is 0 Å². The first-order chi connectivity index (χ1) is 7.72. The molecule has 1 N–H and O–H groups in total. The lowest BCUT2D eigenvalue weighted by atomic mass is 10.2. The molecule has 2 aromatic rings. The number of nitrogens with one attached hydrogen (secondary N) is 1. The lowest BCUT2D eigenvalue weighted by Gasteiger charge is -2.05. The molecule has 2 aromatic heterocycles. The molecular weight excluding hydrogens is 225 g/mol. The number of hydrogen-bond donors (Lipinski definition) is 1. The summed E-state index contributed by atoms with van der Waals surface area (Å²) >= 11 is 1.58. The van der Waals surface area contributed by atoms with Crippen LogP contribution in [0.2, 0.25) is 0 Å². The third-order valence-corrected chi connectivity index (χ3v) is 3.04. The topological polar surface area (TPSA) is 37.8 Å². The number of rotatable bonds is 3. The molecule has 16 heavy (non-hydrogen) atoms. The van der Waals surface area contributed by atoms with Crippen LogP contribution in [-0.2, 0) is 0 Å². The highest BCUT2D eigenvalue weighted by molar-refractivity contribution is 7.10. The fourth-order valence-corrected chi connectivity index (χ4v) is 2.13. The molecule has 0 spiro atoms. The molecular formula is C11H12FN3S. The van der Waals surface area contributed by atoms with Gasteiger partial charge in [0.15, 0.2) is 5.82 Å². The maximum atomic E-state index is 13.6. The van der Waals surface area contributed by atoms with Crippen molar-refractivity contribution in [3.05, 3.63) is 28.3 Å². The first-order valence-corrected chi connectivity index (χ1v) is 5.91. The smallest absolute Gasteiger partial charge is 0.223 e. The SMILES string of the molecule is CCNc1ncc(F)c(-c2ccsc2C)n1. The predicted molar refractivity (Wildman–Crippen MR) is 64.2 cm³/mol. The van der Waals surface area contributed by atoms with Crippen molar-refractivity contribution in [2.45, 2.75) is 13.8 Å². The van der Waals surface area contributed by atoms with Crippen molar-refractivity contribution in [2.75, 3.05) is 11.9 Å². The third kappa shape index (κ3) is 2.04. The number of halogens is 1. The largest absolute Gasteiger partial charge is 0.354 e. The summed E-state index contributed by atoms with van der Waals surface area (Å²) in [5.74, 6) is 0.0765. The van der Waals surface area contributed by atoms with E-state index in [1.807, 2.05) is 25.3 Å². The molecule has 2 heterocycles. The molecule has 0 aliphatic heterocycles. The molecule has 0 aliphatic carbocycles. The Kier molecular flexibility index (Phi) is 3.14. The minimum atomic E-state index is -0.386. The predicted octanol–water partition coefficient (Wildman–Crippen LogP) is 3.08. The Bertz CT molecular complexity index is 496. The van der Waals surface area contributed by atoms with E-state index in [0.29, 0.717) is 18.2 Å². The van der Waals surface area contributed by atoms with Crippen LogP contribution in [0.5, 0.6) is 0 Å². The van der Waals surface area contributed by atoms with E-state index in [-0.39, 0.29) is 5.82 Å². The Balaban J connectivity index is 2.47. The van der Waals surface area contributed by atoms with Gasteiger partial charge in [0.1, 0.15) is 5.69 Å². The molecule has 3 nitrogen and oxygen atoms in total. The number of hydrogen-bond acceptors (Lipinski definition) is 4. The van der Waals surface area contributed by atoms with Gasteiger partial charge in [-0.05, 0) is 25.3 Å². The van der Waals surface area contributed by atoms with E-state index in [4.69, 9.17) is 0 Å². The summed E-state index contributed by atoms with van der Waals surface area (Å²) in [6, 6.07) is 1.88. The summed E-state index contributed by atoms with van der Waals surface area (Å²) < 4.78 is 13.6. The van der Waals surface area contributed by atoms with Gasteiger partial charge < -0.3 is 5.32 Å². The van der Waals surface area contributed by atoms with Crippen LogP contribution in [0.15, 0.2) is 17.6 Å². The number of nitrogens with zero attached hydrogens (tertiary/aromatic N) is 2. The minimum absolute atomic E-state index is 0.365. The molecule has 2 rings (SSSR count). The van der Waals surface area contributed by atoms with Crippen molar-refractivity contribution in [3.63, 3.8) is 0 Å². The Labute approximate surface area is 97.4 Å². The van der Waals surface area contributed by atoms with Crippen LogP contribution in [0.25, 0.3) is 11.3 Å². The van der Waals surface area contributed by atoms with E-state index in [2.05, 4.69) is 15.3 Å². The second-order valence-corrected chi connectivity index (χ2v) is 4.43. The van der Waals surface area contributed by atoms with Gasteiger partial charge in [-0.3, -0.25) is 0 Å². The molecule has 0 saturated carbocycles. The van der Waals surface area contributed by atoms with Gasteiger partial charge >= 0.3 is 0 Å². The average Bonchev–Trinajstić information content (AvgIpc) is 2.68. The van der Waals surface area contributed by atoms with Gasteiger partial charge in [0, 0.05) is 17.0 Å². The van der Waals surface area contributed by atoms with Crippen LogP contribution in [0, 0.1) is 12.7 Å². The number of aromatic nitrogens is 2. The van der Waals surface area contributed by atoms with Gasteiger partial charge in [-0.15, -0.1) is 11.3 Å². The van der Waals surface area contributed by atoms with Gasteiger partial charge in [0.05, 0.1) is 6.20 Å². The van der Waals surface area contributed by atoms with Crippen molar-refractivity contribution < 1.29 is 4.39 Å². The van der Waals surface area contributed by atoms with Crippen LogP contribution < -0.4 is 5.32 Å². The van der Waals surface area contributed by atoms with Gasteiger partial charge in [-0.25, -0.2) is 14.4 Å². The van der Waals surface area contributed by atoms with Crippen LogP contribution >= 0.6 is 11.3 Å². The summed E-state index contributed by atoms with van der Waals surface area (Å²) in [6.45, 7) is 4.62. The molecule has 0 unspecified atom stereocenters. The fraction of sp³-hybridized carbons (Fsp3) is 0.273. The lowest BCUT2D eigenvalue weighted by Crippen LogP contribution is -2.04. The monoisotopic (exact) mass is 237 g/mol. The minimum Gasteiger partial charge on any atom is -0.354 e. The zero-order chi connectivity index (χ0) is 11.5. The number of anilines is 1. The molecule has 0 saturated heterocycles. The molecule has 84 valence electrons. The standard InChI is InChI=1S/C11H12FN3S/c1-3-13-11-14-6-9(12)10(15-11)8-4-5-16-7(8)2/h4-6H,3H2,1-2H3,(H,13,14,15). The fourth-order valence-electron chi connectivity index (χ4n) is 1.43.